The zero-order valence-corrected chi connectivity index (χ0v) is 12.3. The smallest absolute Gasteiger partial charge is 0.326 e. The summed E-state index contributed by atoms with van der Waals surface area (Å²) in [5.41, 5.74) is 4.97. The lowest BCUT2D eigenvalue weighted by Crippen LogP contribution is -2.54. The second kappa shape index (κ2) is 5.55. The van der Waals surface area contributed by atoms with Gasteiger partial charge in [-0.25, -0.2) is 4.79 Å². The Labute approximate surface area is 125 Å². The van der Waals surface area contributed by atoms with Gasteiger partial charge in [-0.05, 0) is 13.3 Å². The molecular weight excluding hydrogens is 298 g/mol. The van der Waals surface area contributed by atoms with Gasteiger partial charge in [0.15, 0.2) is 0 Å². The van der Waals surface area contributed by atoms with Gasteiger partial charge in [0.1, 0.15) is 12.1 Å². The van der Waals surface area contributed by atoms with Crippen LogP contribution in [0.15, 0.2) is 0 Å². The Balaban J connectivity index is 2.08. The highest BCUT2D eigenvalue weighted by Crippen LogP contribution is 2.47. The number of hydrogen-bond donors (Lipinski definition) is 3. The lowest BCUT2D eigenvalue weighted by molar-refractivity contribution is -0.145. The number of aliphatic carboxylic acids is 1. The van der Waals surface area contributed by atoms with Crippen LogP contribution in [0.4, 0.5) is 0 Å². The van der Waals surface area contributed by atoms with Crippen LogP contribution in [0.5, 0.6) is 0 Å². The first-order chi connectivity index (χ1) is 9.74. The van der Waals surface area contributed by atoms with Crippen LogP contribution < -0.4 is 11.1 Å². The summed E-state index contributed by atoms with van der Waals surface area (Å²) in [5, 5.41) is 11.3. The van der Waals surface area contributed by atoms with Crippen LogP contribution in [0.1, 0.15) is 26.2 Å². The maximum Gasteiger partial charge on any atom is 0.326 e. The number of hydrogen-bond acceptors (Lipinski definition) is 5. The minimum Gasteiger partial charge on any atom is -0.480 e. The number of rotatable bonds is 5. The minimum atomic E-state index is -1.37. The van der Waals surface area contributed by atoms with Crippen molar-refractivity contribution in [1.29, 1.82) is 0 Å². The molecule has 2 heterocycles. The van der Waals surface area contributed by atoms with E-state index in [1.54, 1.807) is 0 Å². The van der Waals surface area contributed by atoms with E-state index in [9.17, 15) is 19.2 Å². The largest absolute Gasteiger partial charge is 0.480 e. The first kappa shape index (κ1) is 15.6. The van der Waals surface area contributed by atoms with Gasteiger partial charge in [-0.3, -0.25) is 14.4 Å². The Kier molecular flexibility index (Phi) is 4.13. The first-order valence-corrected chi connectivity index (χ1v) is 7.51. The summed E-state index contributed by atoms with van der Waals surface area (Å²) < 4.78 is 0. The van der Waals surface area contributed by atoms with Crippen LogP contribution in [0.2, 0.25) is 0 Å². The number of thioether (sulfide) groups is 1. The highest BCUT2D eigenvalue weighted by molar-refractivity contribution is 8.01. The van der Waals surface area contributed by atoms with E-state index in [2.05, 4.69) is 5.32 Å². The van der Waals surface area contributed by atoms with Crippen molar-refractivity contribution < 1.29 is 24.3 Å². The van der Waals surface area contributed by atoms with E-state index in [0.717, 1.165) is 0 Å². The molecule has 4 N–H and O–H groups in total. The molecule has 0 bridgehead atoms. The zero-order chi connectivity index (χ0) is 15.8. The maximum atomic E-state index is 12.2. The number of nitrogens with zero attached hydrogens (tertiary/aromatic N) is 1. The summed E-state index contributed by atoms with van der Waals surface area (Å²) in [6.07, 6.45) is 0.576. The van der Waals surface area contributed by atoms with E-state index < -0.39 is 41.2 Å². The van der Waals surface area contributed by atoms with Crippen LogP contribution in [0.25, 0.3) is 0 Å². The summed E-state index contributed by atoms with van der Waals surface area (Å²) in [4.78, 5) is 47.2. The lowest BCUT2D eigenvalue weighted by Gasteiger charge is -2.30. The summed E-state index contributed by atoms with van der Waals surface area (Å²) in [6.45, 7) is 1.90. The van der Waals surface area contributed by atoms with Gasteiger partial charge < -0.3 is 21.1 Å². The molecule has 0 spiro atoms. The molecule has 3 amide bonds. The van der Waals surface area contributed by atoms with E-state index in [0.29, 0.717) is 18.6 Å². The Morgan fingerprint density at radius 2 is 2.24 bits per heavy atom. The molecule has 9 heteroatoms. The van der Waals surface area contributed by atoms with Crippen molar-refractivity contribution in [3.63, 3.8) is 0 Å². The number of fused-ring (bicyclic) bond motifs is 1. The third kappa shape index (κ3) is 2.97. The van der Waals surface area contributed by atoms with Gasteiger partial charge in [0, 0.05) is 12.2 Å². The molecule has 0 aromatic carbocycles. The van der Waals surface area contributed by atoms with Gasteiger partial charge in [-0.2, -0.15) is 0 Å². The Hall–Kier alpha value is -1.77. The van der Waals surface area contributed by atoms with E-state index in [4.69, 9.17) is 10.8 Å². The third-order valence-electron chi connectivity index (χ3n) is 3.77. The van der Waals surface area contributed by atoms with Gasteiger partial charge in [-0.15, -0.1) is 11.8 Å². The number of carbonyl (C=O) groups is 4. The number of amides is 3. The van der Waals surface area contributed by atoms with Crippen LogP contribution in [-0.2, 0) is 19.2 Å². The average Bonchev–Trinajstić information content (AvgIpc) is 2.85. The molecule has 2 fully saturated rings. The Morgan fingerprint density at radius 3 is 2.81 bits per heavy atom. The highest BCUT2D eigenvalue weighted by Gasteiger charge is 2.53. The SMILES string of the molecule is CC12CCC(=O)N1C(C(=O)N[C@H](CC(N)=O)C(=O)O)CS2. The number of nitrogens with one attached hydrogen (secondary N) is 1. The fourth-order valence-corrected chi connectivity index (χ4v) is 4.12. The van der Waals surface area contributed by atoms with Gasteiger partial charge in [-0.1, -0.05) is 0 Å². The van der Waals surface area contributed by atoms with Crippen molar-refractivity contribution in [1.82, 2.24) is 10.2 Å². The number of nitrogens with two attached hydrogens (primary N) is 1. The number of carboxylic acids is 1. The number of carbonyl (C=O) groups excluding carboxylic acids is 3. The minimum absolute atomic E-state index is 0.107. The average molecular weight is 315 g/mol. The standard InChI is InChI=1S/C12H17N3O5S/c1-12-3-2-9(17)15(12)7(5-21-12)10(18)14-6(11(19)20)4-8(13)16/h6-7H,2-5H2,1H3,(H2,13,16)(H,14,18)(H,19,20)/t6-,7?,12?/m1/s1. The summed E-state index contributed by atoms with van der Waals surface area (Å²) in [7, 11) is 0. The molecule has 2 saturated heterocycles. The second-order valence-corrected chi connectivity index (χ2v) is 6.84. The second-order valence-electron chi connectivity index (χ2n) is 5.34. The molecule has 3 atom stereocenters. The molecule has 2 aliphatic rings. The zero-order valence-electron chi connectivity index (χ0n) is 11.5. The Morgan fingerprint density at radius 1 is 1.57 bits per heavy atom. The topological polar surface area (TPSA) is 130 Å². The molecule has 0 aromatic rings. The molecule has 2 aliphatic heterocycles. The van der Waals surface area contributed by atoms with Crippen LogP contribution >= 0.6 is 11.8 Å². The molecule has 0 radical (unpaired) electrons. The fraction of sp³-hybridized carbons (Fsp3) is 0.667. The van der Waals surface area contributed by atoms with Crippen LogP contribution in [-0.4, -0.2) is 56.4 Å². The third-order valence-corrected chi connectivity index (χ3v) is 5.27. The molecule has 116 valence electrons. The van der Waals surface area contributed by atoms with E-state index >= 15 is 0 Å². The van der Waals surface area contributed by atoms with Crippen LogP contribution in [0.3, 0.4) is 0 Å². The fourth-order valence-electron chi connectivity index (χ4n) is 2.68. The van der Waals surface area contributed by atoms with Gasteiger partial charge in [0.25, 0.3) is 0 Å². The predicted molar refractivity (Wildman–Crippen MR) is 74.1 cm³/mol. The highest BCUT2D eigenvalue weighted by atomic mass is 32.2. The molecule has 0 aliphatic carbocycles. The molecule has 2 rings (SSSR count). The lowest BCUT2D eigenvalue weighted by atomic mass is 10.1. The van der Waals surface area contributed by atoms with E-state index in [1.807, 2.05) is 6.92 Å². The Bertz CT molecular complexity index is 511. The van der Waals surface area contributed by atoms with E-state index in [-0.39, 0.29) is 5.91 Å². The maximum absolute atomic E-state index is 12.2. The summed E-state index contributed by atoms with van der Waals surface area (Å²) >= 11 is 1.51. The van der Waals surface area contributed by atoms with Crippen LogP contribution in [0, 0.1) is 0 Å². The molecular formula is C12H17N3O5S. The van der Waals surface area contributed by atoms with Crippen molar-refractivity contribution in [3.8, 4) is 0 Å². The van der Waals surface area contributed by atoms with Crippen molar-refractivity contribution in [2.45, 2.75) is 43.1 Å². The monoisotopic (exact) mass is 315 g/mol. The van der Waals surface area contributed by atoms with Crippen molar-refractivity contribution >= 4 is 35.5 Å². The summed E-state index contributed by atoms with van der Waals surface area (Å²) in [5.74, 6) is -2.40. The normalized spacial score (nSPS) is 29.1. The van der Waals surface area contributed by atoms with Crippen molar-refractivity contribution in [3.05, 3.63) is 0 Å². The molecule has 21 heavy (non-hydrogen) atoms. The first-order valence-electron chi connectivity index (χ1n) is 6.52. The number of primary amides is 1. The quantitative estimate of drug-likeness (QED) is 0.589. The van der Waals surface area contributed by atoms with Gasteiger partial charge in [0.05, 0.1) is 11.3 Å². The van der Waals surface area contributed by atoms with Crippen molar-refractivity contribution in [2.75, 3.05) is 5.75 Å². The molecule has 8 nitrogen and oxygen atoms in total. The van der Waals surface area contributed by atoms with E-state index in [1.165, 1.54) is 16.7 Å². The van der Waals surface area contributed by atoms with Gasteiger partial charge >= 0.3 is 5.97 Å². The van der Waals surface area contributed by atoms with Crippen molar-refractivity contribution in [2.24, 2.45) is 5.73 Å². The number of carboxylic acid groups (broad SMARTS) is 1. The summed E-state index contributed by atoms with van der Waals surface area (Å²) in [6, 6.07) is -2.07. The molecule has 2 unspecified atom stereocenters. The predicted octanol–water partition coefficient (Wildman–Crippen LogP) is -1.11. The van der Waals surface area contributed by atoms with Gasteiger partial charge in [0.2, 0.25) is 17.7 Å². The molecule has 0 saturated carbocycles. The molecule has 0 aromatic heterocycles.